The fourth-order valence-corrected chi connectivity index (χ4v) is 3.29. The van der Waals surface area contributed by atoms with Gasteiger partial charge in [-0.05, 0) is 46.4 Å². The molecule has 114 valence electrons. The minimum atomic E-state index is 0.571. The van der Waals surface area contributed by atoms with E-state index in [1.165, 1.54) is 25.0 Å². The first-order valence-electron chi connectivity index (χ1n) is 7.56. The third kappa shape index (κ3) is 3.33. The lowest BCUT2D eigenvalue weighted by Gasteiger charge is -2.22. The second-order valence-electron chi connectivity index (χ2n) is 5.98. The van der Waals surface area contributed by atoms with Crippen molar-refractivity contribution in [3.63, 3.8) is 0 Å². The molecule has 1 saturated carbocycles. The number of nitrogens with one attached hydrogen (secondary N) is 1. The molecule has 1 aliphatic rings. The second-order valence-corrected chi connectivity index (χ2v) is 5.98. The summed E-state index contributed by atoms with van der Waals surface area (Å²) in [5, 5.41) is 7.87. The molecule has 0 amide bonds. The van der Waals surface area contributed by atoms with Crippen molar-refractivity contribution in [3.8, 4) is 5.75 Å². The van der Waals surface area contributed by atoms with Crippen molar-refractivity contribution in [1.29, 1.82) is 0 Å². The molecule has 1 aromatic rings. The van der Waals surface area contributed by atoms with Crippen molar-refractivity contribution in [2.24, 2.45) is 5.92 Å². The lowest BCUT2D eigenvalue weighted by atomic mass is 9.92. The fourth-order valence-electron chi connectivity index (χ4n) is 3.29. The Hall–Kier alpha value is -1.07. The molecule has 1 aliphatic carbocycles. The molecule has 2 rings (SSSR count). The van der Waals surface area contributed by atoms with Crippen LogP contribution in [0.1, 0.15) is 30.9 Å². The van der Waals surface area contributed by atoms with Crippen LogP contribution >= 0.6 is 0 Å². The molecule has 0 aliphatic heterocycles. The maximum atomic E-state index is 5.55. The predicted octanol–water partition coefficient (Wildman–Crippen LogP) is 1.56. The zero-order valence-corrected chi connectivity index (χ0v) is 13.2. The molecule has 1 aromatic heterocycles. The first-order valence-corrected chi connectivity index (χ1v) is 7.56. The van der Waals surface area contributed by atoms with Crippen LogP contribution in [-0.2, 0) is 6.54 Å². The molecule has 20 heavy (non-hydrogen) atoms. The lowest BCUT2D eigenvalue weighted by Crippen LogP contribution is -2.25. The number of rotatable bonds is 7. The van der Waals surface area contributed by atoms with Gasteiger partial charge in [0.15, 0.2) is 5.75 Å². The van der Waals surface area contributed by atoms with E-state index in [4.69, 9.17) is 4.74 Å². The van der Waals surface area contributed by atoms with E-state index >= 15 is 0 Å². The first kappa shape index (κ1) is 15.3. The van der Waals surface area contributed by atoms with Crippen LogP contribution in [0.25, 0.3) is 0 Å². The summed E-state index contributed by atoms with van der Waals surface area (Å²) in [6.45, 7) is 3.00. The molecule has 0 aromatic carbocycles. The van der Waals surface area contributed by atoms with Crippen LogP contribution in [0.2, 0.25) is 0 Å². The molecular formula is C15H28N4O. The van der Waals surface area contributed by atoms with E-state index in [-0.39, 0.29) is 0 Å². The van der Waals surface area contributed by atoms with Crippen LogP contribution in [0.15, 0.2) is 6.20 Å². The number of methoxy groups -OCH3 is 1. The van der Waals surface area contributed by atoms with Crippen molar-refractivity contribution in [2.45, 2.75) is 31.7 Å². The summed E-state index contributed by atoms with van der Waals surface area (Å²) in [7, 11) is 7.98. The largest absolute Gasteiger partial charge is 0.493 e. The van der Waals surface area contributed by atoms with Crippen LogP contribution < -0.4 is 10.1 Å². The SMILES string of the molecule is CNCC1CCCC1c1c(OC)cnn1CCN(C)C. The van der Waals surface area contributed by atoms with Crippen molar-refractivity contribution in [2.75, 3.05) is 41.3 Å². The van der Waals surface area contributed by atoms with E-state index in [1.54, 1.807) is 7.11 Å². The Balaban J connectivity index is 2.21. The van der Waals surface area contributed by atoms with Crippen LogP contribution in [0.5, 0.6) is 5.75 Å². The highest BCUT2D eigenvalue weighted by atomic mass is 16.5. The van der Waals surface area contributed by atoms with Gasteiger partial charge in [0.05, 0.1) is 25.5 Å². The Labute approximate surface area is 122 Å². The normalized spacial score (nSPS) is 22.6. The average molecular weight is 280 g/mol. The molecule has 0 saturated heterocycles. The Kier molecular flexibility index (Phi) is 5.43. The third-order valence-corrected chi connectivity index (χ3v) is 4.30. The number of ether oxygens (including phenoxy) is 1. The van der Waals surface area contributed by atoms with Gasteiger partial charge < -0.3 is 15.0 Å². The van der Waals surface area contributed by atoms with Gasteiger partial charge in [0.2, 0.25) is 0 Å². The number of nitrogens with zero attached hydrogens (tertiary/aromatic N) is 3. The number of aromatic nitrogens is 2. The smallest absolute Gasteiger partial charge is 0.160 e. The van der Waals surface area contributed by atoms with E-state index in [1.807, 2.05) is 13.2 Å². The van der Waals surface area contributed by atoms with Gasteiger partial charge >= 0.3 is 0 Å². The quantitative estimate of drug-likeness (QED) is 0.823. The minimum Gasteiger partial charge on any atom is -0.493 e. The third-order valence-electron chi connectivity index (χ3n) is 4.30. The summed E-state index contributed by atoms with van der Waals surface area (Å²) >= 11 is 0. The summed E-state index contributed by atoms with van der Waals surface area (Å²) in [5.41, 5.74) is 1.30. The van der Waals surface area contributed by atoms with Crippen molar-refractivity contribution in [1.82, 2.24) is 20.0 Å². The zero-order valence-electron chi connectivity index (χ0n) is 13.2. The molecule has 0 radical (unpaired) electrons. The van der Waals surface area contributed by atoms with E-state index in [0.29, 0.717) is 11.8 Å². The van der Waals surface area contributed by atoms with E-state index < -0.39 is 0 Å². The van der Waals surface area contributed by atoms with Crippen LogP contribution in [0.3, 0.4) is 0 Å². The summed E-state index contributed by atoms with van der Waals surface area (Å²) in [5.74, 6) is 2.22. The molecule has 5 heteroatoms. The minimum absolute atomic E-state index is 0.571. The average Bonchev–Trinajstić information content (AvgIpc) is 3.02. The Morgan fingerprint density at radius 1 is 1.45 bits per heavy atom. The summed E-state index contributed by atoms with van der Waals surface area (Å²) in [6.07, 6.45) is 5.72. The zero-order chi connectivity index (χ0) is 14.5. The van der Waals surface area contributed by atoms with Crippen molar-refractivity contribution >= 4 is 0 Å². The van der Waals surface area contributed by atoms with Crippen molar-refractivity contribution in [3.05, 3.63) is 11.9 Å². The number of likely N-dealkylation sites (N-methyl/N-ethyl adjacent to an activating group) is 1. The highest BCUT2D eigenvalue weighted by molar-refractivity contribution is 5.30. The molecule has 2 unspecified atom stereocenters. The highest BCUT2D eigenvalue weighted by Crippen LogP contribution is 2.42. The molecule has 5 nitrogen and oxygen atoms in total. The predicted molar refractivity (Wildman–Crippen MR) is 81.3 cm³/mol. The molecule has 2 atom stereocenters. The first-order chi connectivity index (χ1) is 9.67. The van der Waals surface area contributed by atoms with E-state index in [2.05, 4.69) is 34.1 Å². The maximum Gasteiger partial charge on any atom is 0.160 e. The fraction of sp³-hybridized carbons (Fsp3) is 0.800. The Bertz CT molecular complexity index is 416. The molecule has 0 bridgehead atoms. The summed E-state index contributed by atoms with van der Waals surface area (Å²) in [6, 6.07) is 0. The summed E-state index contributed by atoms with van der Waals surface area (Å²) in [4.78, 5) is 2.19. The maximum absolute atomic E-state index is 5.55. The molecule has 1 heterocycles. The monoisotopic (exact) mass is 280 g/mol. The topological polar surface area (TPSA) is 42.3 Å². The van der Waals surface area contributed by atoms with Gasteiger partial charge in [-0.2, -0.15) is 5.10 Å². The Morgan fingerprint density at radius 3 is 2.90 bits per heavy atom. The molecule has 0 spiro atoms. The lowest BCUT2D eigenvalue weighted by molar-refractivity contribution is 0.349. The number of hydrogen-bond donors (Lipinski definition) is 1. The van der Waals surface area contributed by atoms with Gasteiger partial charge in [0.25, 0.3) is 0 Å². The number of hydrogen-bond acceptors (Lipinski definition) is 4. The summed E-state index contributed by atoms with van der Waals surface area (Å²) < 4.78 is 7.70. The van der Waals surface area contributed by atoms with Gasteiger partial charge in [0.1, 0.15) is 0 Å². The van der Waals surface area contributed by atoms with Crippen LogP contribution in [0, 0.1) is 5.92 Å². The van der Waals surface area contributed by atoms with Gasteiger partial charge in [-0.3, -0.25) is 4.68 Å². The van der Waals surface area contributed by atoms with Crippen LogP contribution in [0.4, 0.5) is 0 Å². The van der Waals surface area contributed by atoms with Crippen molar-refractivity contribution < 1.29 is 4.74 Å². The van der Waals surface area contributed by atoms with E-state index in [9.17, 15) is 0 Å². The second kappa shape index (κ2) is 7.09. The van der Waals surface area contributed by atoms with Gasteiger partial charge in [-0.15, -0.1) is 0 Å². The van der Waals surface area contributed by atoms with Crippen LogP contribution in [-0.4, -0.2) is 56.0 Å². The standard InChI is InChI=1S/C15H28N4O/c1-16-10-12-6-5-7-13(12)15-14(20-4)11-17-19(15)9-8-18(2)3/h11-13,16H,5-10H2,1-4H3. The molecule has 1 fully saturated rings. The van der Waals surface area contributed by atoms with Gasteiger partial charge in [-0.1, -0.05) is 6.42 Å². The van der Waals surface area contributed by atoms with Gasteiger partial charge in [0, 0.05) is 12.5 Å². The molecule has 1 N–H and O–H groups in total. The highest BCUT2D eigenvalue weighted by Gasteiger charge is 2.33. The van der Waals surface area contributed by atoms with Gasteiger partial charge in [-0.25, -0.2) is 0 Å². The molecular weight excluding hydrogens is 252 g/mol. The Morgan fingerprint density at radius 2 is 2.25 bits per heavy atom. The van der Waals surface area contributed by atoms with E-state index in [0.717, 1.165) is 25.4 Å².